The van der Waals surface area contributed by atoms with Crippen LogP contribution in [0, 0.1) is 0 Å². The molecular weight excluding hydrogens is 412 g/mol. The van der Waals surface area contributed by atoms with Crippen molar-refractivity contribution in [3.63, 3.8) is 0 Å². The van der Waals surface area contributed by atoms with Crippen LogP contribution < -0.4 is 5.32 Å². The summed E-state index contributed by atoms with van der Waals surface area (Å²) in [6, 6.07) is 11.3. The van der Waals surface area contributed by atoms with E-state index in [-0.39, 0.29) is 24.5 Å². The third-order valence-electron chi connectivity index (χ3n) is 5.35. The number of hydrogen-bond acceptors (Lipinski definition) is 4. The van der Waals surface area contributed by atoms with Gasteiger partial charge in [0.1, 0.15) is 6.54 Å². The highest BCUT2D eigenvalue weighted by molar-refractivity contribution is 7.98. The second kappa shape index (κ2) is 12.4. The number of rotatable bonds is 11. The molecule has 1 aromatic carbocycles. The lowest BCUT2D eigenvalue weighted by Gasteiger charge is -2.31. The maximum atomic E-state index is 13.2. The van der Waals surface area contributed by atoms with E-state index in [1.54, 1.807) is 28.7 Å². The molecule has 1 N–H and O–H groups in total. The third kappa shape index (κ3) is 7.33. The van der Waals surface area contributed by atoms with Crippen LogP contribution in [0.1, 0.15) is 26.0 Å². The van der Waals surface area contributed by atoms with Gasteiger partial charge in [0.2, 0.25) is 5.91 Å². The highest BCUT2D eigenvalue weighted by Crippen LogP contribution is 2.18. The third-order valence-corrected chi connectivity index (χ3v) is 6.10. The molecule has 170 valence electrons. The van der Waals surface area contributed by atoms with Crippen molar-refractivity contribution in [1.82, 2.24) is 14.4 Å². The molecule has 0 aliphatic heterocycles. The van der Waals surface area contributed by atoms with Gasteiger partial charge < -0.3 is 24.4 Å². The first kappa shape index (κ1) is 24.8. The Morgan fingerprint density at radius 2 is 1.94 bits per heavy atom. The molecule has 3 amide bonds. The highest BCUT2D eigenvalue weighted by atomic mass is 32.2. The number of anilines is 1. The van der Waals surface area contributed by atoms with E-state index in [2.05, 4.69) is 5.32 Å². The first-order valence-corrected chi connectivity index (χ1v) is 11.7. The lowest BCUT2D eigenvalue weighted by Crippen LogP contribution is -2.48. The molecule has 1 atom stereocenters. The standard InChI is InChI=1S/C23H34N4O3S/c1-6-18(2)27(23(29)24-19-9-11-21(31-5)12-10-19)17-22(28)26(14-15-30-4)16-20-8-7-13-25(20)3/h7-13,18H,6,14-17H2,1-5H3,(H,24,29). The SMILES string of the molecule is CCC(C)N(CC(=O)N(CCOC)Cc1cccn1C)C(=O)Nc1ccc(SC)cc1. The number of amides is 3. The molecular formula is C23H34N4O3S. The van der Waals surface area contributed by atoms with E-state index >= 15 is 0 Å². The Balaban J connectivity index is 2.12. The summed E-state index contributed by atoms with van der Waals surface area (Å²) >= 11 is 1.65. The van der Waals surface area contributed by atoms with Crippen LogP contribution in [-0.2, 0) is 23.1 Å². The fourth-order valence-corrected chi connectivity index (χ4v) is 3.52. The van der Waals surface area contributed by atoms with E-state index in [0.29, 0.717) is 25.4 Å². The second-order valence-electron chi connectivity index (χ2n) is 7.46. The Hall–Kier alpha value is -2.45. The van der Waals surface area contributed by atoms with E-state index in [9.17, 15) is 9.59 Å². The summed E-state index contributed by atoms with van der Waals surface area (Å²) in [5, 5.41) is 2.93. The minimum absolute atomic E-state index is 0.0118. The monoisotopic (exact) mass is 446 g/mol. The van der Waals surface area contributed by atoms with Crippen molar-refractivity contribution in [3.05, 3.63) is 48.3 Å². The fraction of sp³-hybridized carbons (Fsp3) is 0.478. The number of nitrogens with one attached hydrogen (secondary N) is 1. The largest absolute Gasteiger partial charge is 0.383 e. The summed E-state index contributed by atoms with van der Waals surface area (Å²) in [7, 11) is 3.57. The zero-order valence-corrected chi connectivity index (χ0v) is 19.9. The molecule has 0 fully saturated rings. The zero-order valence-electron chi connectivity index (χ0n) is 19.1. The van der Waals surface area contributed by atoms with E-state index in [1.165, 1.54) is 0 Å². The Morgan fingerprint density at radius 1 is 1.23 bits per heavy atom. The summed E-state index contributed by atoms with van der Waals surface area (Å²) in [6.07, 6.45) is 4.71. The number of carbonyl (C=O) groups excluding carboxylic acids is 2. The number of aryl methyl sites for hydroxylation is 1. The van der Waals surface area contributed by atoms with Crippen LogP contribution >= 0.6 is 11.8 Å². The first-order chi connectivity index (χ1) is 14.9. The number of nitrogens with zero attached hydrogens (tertiary/aromatic N) is 3. The molecule has 0 saturated heterocycles. The average Bonchev–Trinajstić information content (AvgIpc) is 3.18. The fourth-order valence-electron chi connectivity index (χ4n) is 3.11. The Labute approximate surface area is 189 Å². The number of methoxy groups -OCH3 is 1. The van der Waals surface area contributed by atoms with E-state index in [4.69, 9.17) is 4.74 Å². The Bertz CT molecular complexity index is 838. The normalized spacial score (nSPS) is 11.8. The number of urea groups is 1. The van der Waals surface area contributed by atoms with Gasteiger partial charge in [-0.05, 0) is 56.0 Å². The number of hydrogen-bond donors (Lipinski definition) is 1. The lowest BCUT2D eigenvalue weighted by atomic mass is 10.2. The maximum Gasteiger partial charge on any atom is 0.322 e. The predicted octanol–water partition coefficient (Wildman–Crippen LogP) is 4.05. The van der Waals surface area contributed by atoms with Gasteiger partial charge in [0.05, 0.1) is 13.2 Å². The molecule has 0 aliphatic rings. The van der Waals surface area contributed by atoms with Gasteiger partial charge in [-0.15, -0.1) is 11.8 Å². The summed E-state index contributed by atoms with van der Waals surface area (Å²) in [6.45, 7) is 5.35. The molecule has 1 aromatic heterocycles. The molecule has 2 rings (SSSR count). The number of benzene rings is 1. The van der Waals surface area contributed by atoms with Crippen LogP contribution in [0.25, 0.3) is 0 Å². The Kier molecular flexibility index (Phi) is 9.94. The molecule has 7 nitrogen and oxygen atoms in total. The Morgan fingerprint density at radius 3 is 2.48 bits per heavy atom. The predicted molar refractivity (Wildman–Crippen MR) is 126 cm³/mol. The second-order valence-corrected chi connectivity index (χ2v) is 8.34. The van der Waals surface area contributed by atoms with Crippen LogP contribution in [0.5, 0.6) is 0 Å². The van der Waals surface area contributed by atoms with Crippen molar-refractivity contribution in [2.75, 3.05) is 38.4 Å². The summed E-state index contributed by atoms with van der Waals surface area (Å²) in [5.74, 6) is -0.105. The average molecular weight is 447 g/mol. The van der Waals surface area contributed by atoms with Crippen LogP contribution in [0.2, 0.25) is 0 Å². The first-order valence-electron chi connectivity index (χ1n) is 10.5. The van der Waals surface area contributed by atoms with Gasteiger partial charge in [-0.2, -0.15) is 0 Å². The van der Waals surface area contributed by atoms with Crippen molar-refractivity contribution < 1.29 is 14.3 Å². The van der Waals surface area contributed by atoms with Gasteiger partial charge in [0.15, 0.2) is 0 Å². The maximum absolute atomic E-state index is 13.2. The van der Waals surface area contributed by atoms with Gasteiger partial charge in [-0.25, -0.2) is 4.79 Å². The number of aromatic nitrogens is 1. The molecule has 0 radical (unpaired) electrons. The summed E-state index contributed by atoms with van der Waals surface area (Å²) in [4.78, 5) is 30.7. The van der Waals surface area contributed by atoms with E-state index in [1.807, 2.05) is 74.3 Å². The summed E-state index contributed by atoms with van der Waals surface area (Å²) in [5.41, 5.74) is 1.74. The number of ether oxygens (including phenoxy) is 1. The summed E-state index contributed by atoms with van der Waals surface area (Å²) < 4.78 is 7.19. The molecule has 1 unspecified atom stereocenters. The zero-order chi connectivity index (χ0) is 22.8. The minimum atomic E-state index is -0.273. The van der Waals surface area contributed by atoms with Crippen LogP contribution in [0.3, 0.4) is 0 Å². The van der Waals surface area contributed by atoms with Crippen LogP contribution in [0.15, 0.2) is 47.5 Å². The van der Waals surface area contributed by atoms with Gasteiger partial charge >= 0.3 is 6.03 Å². The molecule has 0 aliphatic carbocycles. The highest BCUT2D eigenvalue weighted by Gasteiger charge is 2.25. The van der Waals surface area contributed by atoms with Crippen molar-refractivity contribution in [2.45, 2.75) is 37.8 Å². The van der Waals surface area contributed by atoms with Crippen molar-refractivity contribution in [1.29, 1.82) is 0 Å². The van der Waals surface area contributed by atoms with Crippen molar-refractivity contribution in [3.8, 4) is 0 Å². The molecule has 2 aromatic rings. The van der Waals surface area contributed by atoms with Crippen molar-refractivity contribution in [2.24, 2.45) is 7.05 Å². The smallest absolute Gasteiger partial charge is 0.322 e. The van der Waals surface area contributed by atoms with Crippen LogP contribution in [0.4, 0.5) is 10.5 Å². The molecule has 0 bridgehead atoms. The number of carbonyl (C=O) groups is 2. The molecule has 0 spiro atoms. The molecule has 1 heterocycles. The minimum Gasteiger partial charge on any atom is -0.383 e. The van der Waals surface area contributed by atoms with Gasteiger partial charge in [0.25, 0.3) is 0 Å². The van der Waals surface area contributed by atoms with Gasteiger partial charge in [-0.3, -0.25) is 4.79 Å². The van der Waals surface area contributed by atoms with E-state index in [0.717, 1.165) is 17.0 Å². The lowest BCUT2D eigenvalue weighted by molar-refractivity contribution is -0.133. The molecule has 0 saturated carbocycles. The topological polar surface area (TPSA) is 66.8 Å². The number of thioether (sulfide) groups is 1. The molecule has 31 heavy (non-hydrogen) atoms. The van der Waals surface area contributed by atoms with Crippen molar-refractivity contribution >= 4 is 29.4 Å². The van der Waals surface area contributed by atoms with Gasteiger partial charge in [0, 0.05) is 49.2 Å². The molecule has 8 heteroatoms. The quantitative estimate of drug-likeness (QED) is 0.529. The van der Waals surface area contributed by atoms with E-state index < -0.39 is 0 Å². The van der Waals surface area contributed by atoms with Gasteiger partial charge in [-0.1, -0.05) is 6.92 Å². The van der Waals surface area contributed by atoms with Crippen LogP contribution in [-0.4, -0.2) is 65.4 Å².